The van der Waals surface area contributed by atoms with Gasteiger partial charge in [0.25, 0.3) is 0 Å². The van der Waals surface area contributed by atoms with Crippen molar-refractivity contribution in [3.8, 4) is 5.75 Å². The summed E-state index contributed by atoms with van der Waals surface area (Å²) in [6.07, 6.45) is -0.590. The number of hydrogen-bond acceptors (Lipinski definition) is 5. The predicted molar refractivity (Wildman–Crippen MR) is 84.1 cm³/mol. The molecule has 1 fully saturated rings. The van der Waals surface area contributed by atoms with E-state index in [1.807, 2.05) is 0 Å². The molecule has 2 N–H and O–H groups in total. The molecule has 1 aromatic carbocycles. The molecule has 23 heavy (non-hydrogen) atoms. The van der Waals surface area contributed by atoms with E-state index in [1.54, 1.807) is 45.2 Å². The third kappa shape index (κ3) is 3.39. The largest absolute Gasteiger partial charge is 0.497 e. The lowest BCUT2D eigenvalue weighted by Crippen LogP contribution is -2.54. The topological polar surface area (TPSA) is 88.1 Å². The molecular formula is C16H22N2O5. The van der Waals surface area contributed by atoms with Gasteiger partial charge in [0.1, 0.15) is 5.75 Å². The number of nitrogens with one attached hydrogen (secondary N) is 1. The lowest BCUT2D eigenvalue weighted by atomic mass is 9.96. The Bertz CT molecular complexity index is 612. The van der Waals surface area contributed by atoms with Gasteiger partial charge >= 0.3 is 6.09 Å². The van der Waals surface area contributed by atoms with E-state index in [0.717, 1.165) is 4.90 Å². The molecule has 7 nitrogen and oxygen atoms in total. The molecule has 1 aliphatic rings. The van der Waals surface area contributed by atoms with Crippen LogP contribution >= 0.6 is 0 Å². The summed E-state index contributed by atoms with van der Waals surface area (Å²) in [6.45, 7) is 4.81. The van der Waals surface area contributed by atoms with Crippen molar-refractivity contribution in [3.05, 3.63) is 24.3 Å². The van der Waals surface area contributed by atoms with Gasteiger partial charge in [0.15, 0.2) is 11.3 Å². The molecule has 1 heterocycles. The summed E-state index contributed by atoms with van der Waals surface area (Å²) in [6, 6.07) is 6.97. The van der Waals surface area contributed by atoms with Gasteiger partial charge in [-0.05, 0) is 32.9 Å². The van der Waals surface area contributed by atoms with Crippen molar-refractivity contribution in [1.82, 2.24) is 4.90 Å². The highest BCUT2D eigenvalue weighted by Crippen LogP contribution is 2.36. The maximum atomic E-state index is 12.0. The Morgan fingerprint density at radius 1 is 1.39 bits per heavy atom. The van der Waals surface area contributed by atoms with Crippen molar-refractivity contribution in [2.24, 2.45) is 0 Å². The number of methoxy groups -OCH3 is 1. The lowest BCUT2D eigenvalue weighted by molar-refractivity contribution is -0.130. The van der Waals surface area contributed by atoms with Crippen molar-refractivity contribution in [3.63, 3.8) is 0 Å². The summed E-state index contributed by atoms with van der Waals surface area (Å²) >= 11 is 0. The van der Waals surface area contributed by atoms with Crippen molar-refractivity contribution in [2.75, 3.05) is 19.0 Å². The Morgan fingerprint density at radius 3 is 2.65 bits per heavy atom. The minimum Gasteiger partial charge on any atom is -0.497 e. The van der Waals surface area contributed by atoms with Gasteiger partial charge in [0.2, 0.25) is 5.91 Å². The third-order valence-electron chi connectivity index (χ3n) is 4.14. The normalized spacial score (nSPS) is 22.7. The number of nitrogens with zero attached hydrogens (tertiary/aromatic N) is 1. The zero-order chi connectivity index (χ0) is 17.3. The van der Waals surface area contributed by atoms with E-state index in [-0.39, 0.29) is 18.9 Å². The molecule has 1 aromatic rings. The standard InChI is InChI=1S/C16H22N2O5/c1-15(2)16(3,21)18(14(20)23-15)9-8-13(19)17-11-6-5-7-12(10-11)22-4/h5-7,10,21H,8-9H2,1-4H3,(H,17,19)/t16-/m0/s1. The molecule has 1 saturated heterocycles. The molecule has 1 atom stereocenters. The highest BCUT2D eigenvalue weighted by Gasteiger charge is 2.56. The Balaban J connectivity index is 1.95. The Morgan fingerprint density at radius 2 is 2.09 bits per heavy atom. The highest BCUT2D eigenvalue weighted by molar-refractivity contribution is 5.91. The summed E-state index contributed by atoms with van der Waals surface area (Å²) in [7, 11) is 1.55. The number of hydrogen-bond donors (Lipinski definition) is 2. The summed E-state index contributed by atoms with van der Waals surface area (Å²) in [5, 5.41) is 13.2. The van der Waals surface area contributed by atoms with Crippen LogP contribution in [-0.4, -0.2) is 47.0 Å². The van der Waals surface area contributed by atoms with E-state index in [0.29, 0.717) is 11.4 Å². The van der Waals surface area contributed by atoms with Gasteiger partial charge in [0.05, 0.1) is 7.11 Å². The average Bonchev–Trinajstić information content (AvgIpc) is 2.61. The highest BCUT2D eigenvalue weighted by atomic mass is 16.6. The first kappa shape index (κ1) is 17.1. The van der Waals surface area contributed by atoms with Crippen LogP contribution in [0.5, 0.6) is 5.75 Å². The summed E-state index contributed by atoms with van der Waals surface area (Å²) in [5.41, 5.74) is -1.90. The number of amides is 2. The molecule has 0 radical (unpaired) electrons. The number of rotatable bonds is 5. The fourth-order valence-corrected chi connectivity index (χ4v) is 2.32. The maximum absolute atomic E-state index is 12.0. The molecule has 2 rings (SSSR count). The number of benzene rings is 1. The second-order valence-electron chi connectivity index (χ2n) is 6.08. The van der Waals surface area contributed by atoms with Crippen LogP contribution in [0, 0.1) is 0 Å². The number of cyclic esters (lactones) is 1. The number of ether oxygens (including phenoxy) is 2. The minimum absolute atomic E-state index is 0.0402. The monoisotopic (exact) mass is 322 g/mol. The minimum atomic E-state index is -1.47. The molecule has 0 saturated carbocycles. The van der Waals surface area contributed by atoms with Gasteiger partial charge in [0, 0.05) is 24.7 Å². The maximum Gasteiger partial charge on any atom is 0.412 e. The van der Waals surface area contributed by atoms with Crippen molar-refractivity contribution in [1.29, 1.82) is 0 Å². The molecular weight excluding hydrogens is 300 g/mol. The molecule has 1 aliphatic heterocycles. The number of anilines is 1. The lowest BCUT2D eigenvalue weighted by Gasteiger charge is -2.34. The predicted octanol–water partition coefficient (Wildman–Crippen LogP) is 1.96. The van der Waals surface area contributed by atoms with Crippen LogP contribution in [0.3, 0.4) is 0 Å². The van der Waals surface area contributed by atoms with Crippen LogP contribution in [-0.2, 0) is 9.53 Å². The molecule has 7 heteroatoms. The van der Waals surface area contributed by atoms with Crippen molar-refractivity contribution < 1.29 is 24.2 Å². The zero-order valence-corrected chi connectivity index (χ0v) is 13.8. The Labute approximate surface area is 135 Å². The van der Waals surface area contributed by atoms with Gasteiger partial charge in [-0.3, -0.25) is 9.69 Å². The van der Waals surface area contributed by atoms with E-state index < -0.39 is 17.4 Å². The first-order valence-electron chi connectivity index (χ1n) is 7.34. The van der Waals surface area contributed by atoms with Crippen LogP contribution in [0.15, 0.2) is 24.3 Å². The first-order valence-corrected chi connectivity index (χ1v) is 7.34. The van der Waals surface area contributed by atoms with Crippen molar-refractivity contribution >= 4 is 17.7 Å². The van der Waals surface area contributed by atoms with Gasteiger partial charge in [-0.1, -0.05) is 6.07 Å². The zero-order valence-electron chi connectivity index (χ0n) is 13.8. The molecule has 0 bridgehead atoms. The number of carbonyl (C=O) groups is 2. The summed E-state index contributed by atoms with van der Waals surface area (Å²) < 4.78 is 10.2. The molecule has 0 unspecified atom stereocenters. The van der Waals surface area contributed by atoms with Gasteiger partial charge in [-0.15, -0.1) is 0 Å². The van der Waals surface area contributed by atoms with Crippen LogP contribution in [0.2, 0.25) is 0 Å². The van der Waals surface area contributed by atoms with E-state index >= 15 is 0 Å². The van der Waals surface area contributed by atoms with Crippen LogP contribution in [0.1, 0.15) is 27.2 Å². The van der Waals surface area contributed by atoms with E-state index in [1.165, 1.54) is 6.92 Å². The SMILES string of the molecule is COc1cccc(NC(=O)CCN2C(=O)OC(C)(C)[C@]2(C)O)c1. The molecule has 0 spiro atoms. The first-order chi connectivity index (χ1) is 10.7. The van der Waals surface area contributed by atoms with Gasteiger partial charge in [-0.25, -0.2) is 4.79 Å². The fourth-order valence-electron chi connectivity index (χ4n) is 2.32. The molecule has 2 amide bonds. The Kier molecular flexibility index (Phi) is 4.51. The quantitative estimate of drug-likeness (QED) is 0.865. The van der Waals surface area contributed by atoms with E-state index in [9.17, 15) is 14.7 Å². The number of aliphatic hydroxyl groups is 1. The van der Waals surface area contributed by atoms with Gasteiger partial charge in [-0.2, -0.15) is 0 Å². The Hall–Kier alpha value is -2.28. The van der Waals surface area contributed by atoms with Gasteiger partial charge < -0.3 is 19.9 Å². The van der Waals surface area contributed by atoms with Crippen LogP contribution < -0.4 is 10.1 Å². The van der Waals surface area contributed by atoms with E-state index in [4.69, 9.17) is 9.47 Å². The molecule has 0 aromatic heterocycles. The van der Waals surface area contributed by atoms with Crippen molar-refractivity contribution in [2.45, 2.75) is 38.5 Å². The smallest absolute Gasteiger partial charge is 0.412 e. The third-order valence-corrected chi connectivity index (χ3v) is 4.14. The van der Waals surface area contributed by atoms with Crippen LogP contribution in [0.4, 0.5) is 10.5 Å². The molecule has 126 valence electrons. The second-order valence-corrected chi connectivity index (χ2v) is 6.08. The fraction of sp³-hybridized carbons (Fsp3) is 0.500. The summed E-state index contributed by atoms with van der Waals surface area (Å²) in [5.74, 6) is 0.363. The van der Waals surface area contributed by atoms with Crippen LogP contribution in [0.25, 0.3) is 0 Å². The number of carbonyl (C=O) groups excluding carboxylic acids is 2. The van der Waals surface area contributed by atoms with E-state index in [2.05, 4.69) is 5.32 Å². The molecule has 0 aliphatic carbocycles. The second kappa shape index (κ2) is 6.08. The average molecular weight is 322 g/mol. The summed E-state index contributed by atoms with van der Waals surface area (Å²) in [4.78, 5) is 25.1.